The SMILES string of the molecule is Clc1cccc(C(Cc2ccncc2)NC2=NCCC2)c1Cl.Fc1c(Cl)cccc1C(Cc1ccncc1)NC1=NCCC1. The Hall–Kier alpha value is -3.52. The zero-order valence-corrected chi connectivity index (χ0v) is 26.5. The molecule has 0 saturated carbocycles. The van der Waals surface area contributed by atoms with Crippen molar-refractivity contribution in [1.29, 1.82) is 0 Å². The molecule has 0 aliphatic carbocycles. The highest BCUT2D eigenvalue weighted by atomic mass is 35.5. The number of rotatable bonds is 8. The number of hydrogen-bond donors (Lipinski definition) is 2. The molecule has 2 N–H and O–H groups in total. The normalized spacial score (nSPS) is 15.5. The molecular weight excluding hydrogens is 618 g/mol. The summed E-state index contributed by atoms with van der Waals surface area (Å²) in [6, 6.07) is 18.6. The maximum absolute atomic E-state index is 14.4. The summed E-state index contributed by atoms with van der Waals surface area (Å²) >= 11 is 18.5. The fourth-order valence-electron chi connectivity index (χ4n) is 5.28. The number of nitrogens with zero attached hydrogens (tertiary/aromatic N) is 4. The van der Waals surface area contributed by atoms with Crippen molar-refractivity contribution < 1.29 is 4.39 Å². The summed E-state index contributed by atoms with van der Waals surface area (Å²) in [5.41, 5.74) is 3.85. The first kappa shape index (κ1) is 31.9. The quantitative estimate of drug-likeness (QED) is 0.201. The average molecular weight is 652 g/mol. The summed E-state index contributed by atoms with van der Waals surface area (Å²) in [4.78, 5) is 17.0. The third kappa shape index (κ3) is 8.78. The molecule has 0 radical (unpaired) electrons. The highest BCUT2D eigenvalue weighted by Crippen LogP contribution is 2.32. The fourth-order valence-corrected chi connectivity index (χ4v) is 5.90. The highest BCUT2D eigenvalue weighted by molar-refractivity contribution is 6.42. The monoisotopic (exact) mass is 650 g/mol. The van der Waals surface area contributed by atoms with Crippen molar-refractivity contribution in [3.63, 3.8) is 0 Å². The van der Waals surface area contributed by atoms with Crippen LogP contribution < -0.4 is 10.6 Å². The Balaban J connectivity index is 0.000000175. The Morgan fingerprint density at radius 3 is 1.61 bits per heavy atom. The summed E-state index contributed by atoms with van der Waals surface area (Å²) in [6.07, 6.45) is 12.6. The van der Waals surface area contributed by atoms with E-state index in [1.54, 1.807) is 43.0 Å². The van der Waals surface area contributed by atoms with E-state index in [1.807, 2.05) is 42.5 Å². The molecule has 2 atom stereocenters. The maximum atomic E-state index is 14.4. The summed E-state index contributed by atoms with van der Waals surface area (Å²) in [5, 5.41) is 8.24. The second-order valence-corrected chi connectivity index (χ2v) is 11.9. The molecule has 44 heavy (non-hydrogen) atoms. The van der Waals surface area contributed by atoms with Crippen LogP contribution in [0.5, 0.6) is 0 Å². The molecule has 0 fully saturated rings. The summed E-state index contributed by atoms with van der Waals surface area (Å²) in [5.74, 6) is 1.63. The van der Waals surface area contributed by atoms with Gasteiger partial charge in [-0.1, -0.05) is 59.1 Å². The van der Waals surface area contributed by atoms with Gasteiger partial charge in [0.25, 0.3) is 0 Å². The van der Waals surface area contributed by atoms with Crippen LogP contribution in [0, 0.1) is 5.82 Å². The van der Waals surface area contributed by atoms with Crippen LogP contribution in [-0.2, 0) is 12.8 Å². The molecular formula is C34H34Cl3FN6. The molecule has 6 rings (SSSR count). The second kappa shape index (κ2) is 16.0. The highest BCUT2D eigenvalue weighted by Gasteiger charge is 2.21. The summed E-state index contributed by atoms with van der Waals surface area (Å²) in [6.45, 7) is 1.73. The number of pyridine rings is 2. The first-order chi connectivity index (χ1) is 21.5. The second-order valence-electron chi connectivity index (χ2n) is 10.7. The van der Waals surface area contributed by atoms with E-state index in [0.29, 0.717) is 22.0 Å². The Labute approximate surface area is 272 Å². The molecule has 10 heteroatoms. The summed E-state index contributed by atoms with van der Waals surface area (Å²) < 4.78 is 14.4. The van der Waals surface area contributed by atoms with Crippen LogP contribution in [0.2, 0.25) is 15.1 Å². The zero-order valence-electron chi connectivity index (χ0n) is 24.2. The van der Waals surface area contributed by atoms with Crippen LogP contribution in [0.25, 0.3) is 0 Å². The van der Waals surface area contributed by atoms with E-state index < -0.39 is 0 Å². The van der Waals surface area contributed by atoms with Gasteiger partial charge in [0, 0.05) is 56.3 Å². The van der Waals surface area contributed by atoms with Crippen LogP contribution in [-0.4, -0.2) is 34.7 Å². The first-order valence-electron chi connectivity index (χ1n) is 14.7. The summed E-state index contributed by atoms with van der Waals surface area (Å²) in [7, 11) is 0. The van der Waals surface area contributed by atoms with E-state index in [4.69, 9.17) is 34.8 Å². The van der Waals surface area contributed by atoms with Crippen molar-refractivity contribution in [2.75, 3.05) is 13.1 Å². The van der Waals surface area contributed by atoms with Gasteiger partial charge >= 0.3 is 0 Å². The van der Waals surface area contributed by atoms with Crippen molar-refractivity contribution in [1.82, 2.24) is 20.6 Å². The molecule has 6 nitrogen and oxygen atoms in total. The lowest BCUT2D eigenvalue weighted by Gasteiger charge is -2.22. The number of halogens is 4. The van der Waals surface area contributed by atoms with Gasteiger partial charge in [-0.25, -0.2) is 4.39 Å². The van der Waals surface area contributed by atoms with Gasteiger partial charge < -0.3 is 10.6 Å². The Kier molecular flexibility index (Phi) is 11.6. The van der Waals surface area contributed by atoms with Crippen molar-refractivity contribution >= 4 is 46.5 Å². The van der Waals surface area contributed by atoms with Gasteiger partial charge in [-0.05, 0) is 78.8 Å². The molecule has 2 aliphatic heterocycles. The predicted molar refractivity (Wildman–Crippen MR) is 179 cm³/mol. The van der Waals surface area contributed by atoms with Crippen molar-refractivity contribution in [2.24, 2.45) is 9.98 Å². The van der Waals surface area contributed by atoms with Gasteiger partial charge in [0.15, 0.2) is 0 Å². The number of nitrogens with one attached hydrogen (secondary N) is 2. The van der Waals surface area contributed by atoms with Crippen molar-refractivity contribution in [3.8, 4) is 0 Å². The first-order valence-corrected chi connectivity index (χ1v) is 15.9. The molecule has 0 saturated heterocycles. The Morgan fingerprint density at radius 2 is 1.11 bits per heavy atom. The van der Waals surface area contributed by atoms with Gasteiger partial charge in [-0.3, -0.25) is 20.0 Å². The minimum atomic E-state index is -0.366. The van der Waals surface area contributed by atoms with E-state index in [0.717, 1.165) is 68.0 Å². The molecule has 0 amide bonds. The van der Waals surface area contributed by atoms with Gasteiger partial charge in [-0.15, -0.1) is 0 Å². The third-order valence-electron chi connectivity index (χ3n) is 7.52. The van der Waals surface area contributed by atoms with E-state index in [9.17, 15) is 4.39 Å². The van der Waals surface area contributed by atoms with Gasteiger partial charge in [0.05, 0.1) is 38.8 Å². The van der Waals surface area contributed by atoms with Crippen molar-refractivity contribution in [3.05, 3.63) is 129 Å². The third-order valence-corrected chi connectivity index (χ3v) is 8.65. The molecule has 228 valence electrons. The van der Waals surface area contributed by atoms with E-state index in [1.165, 1.54) is 5.56 Å². The van der Waals surface area contributed by atoms with Crippen molar-refractivity contribution in [2.45, 2.75) is 50.6 Å². The lowest BCUT2D eigenvalue weighted by molar-refractivity contribution is 0.556. The number of benzene rings is 2. The van der Waals surface area contributed by atoms with Crippen LogP contribution in [0.4, 0.5) is 4.39 Å². The lowest BCUT2D eigenvalue weighted by atomic mass is 9.98. The number of hydrogen-bond acceptors (Lipinski definition) is 6. The molecule has 0 bridgehead atoms. The zero-order chi connectivity index (χ0) is 30.7. The van der Waals surface area contributed by atoms with Gasteiger partial charge in [0.1, 0.15) is 5.82 Å². The smallest absolute Gasteiger partial charge is 0.147 e. The van der Waals surface area contributed by atoms with E-state index in [-0.39, 0.29) is 22.9 Å². The fraction of sp³-hybridized carbons (Fsp3) is 0.294. The molecule has 2 aromatic carbocycles. The Morgan fingerprint density at radius 1 is 0.636 bits per heavy atom. The minimum Gasteiger partial charge on any atom is -0.367 e. The molecule has 2 unspecified atom stereocenters. The Bertz CT molecular complexity index is 1460. The van der Waals surface area contributed by atoms with Gasteiger partial charge in [-0.2, -0.15) is 0 Å². The molecule has 2 aromatic heterocycles. The number of aromatic nitrogens is 2. The van der Waals surface area contributed by atoms with Crippen LogP contribution in [0.3, 0.4) is 0 Å². The molecule has 2 aliphatic rings. The minimum absolute atomic E-state index is 0.0467. The van der Waals surface area contributed by atoms with E-state index in [2.05, 4.69) is 30.6 Å². The molecule has 4 aromatic rings. The van der Waals surface area contributed by atoms with E-state index >= 15 is 0 Å². The average Bonchev–Trinajstić information content (AvgIpc) is 3.76. The van der Waals surface area contributed by atoms with Crippen LogP contribution in [0.15, 0.2) is 95.4 Å². The number of aliphatic imine (C=N–C) groups is 2. The standard InChI is InChI=1S/C17H17Cl2N3.C17H17ClFN3/c2*18-14-4-1-3-13(17(14)19)15(22-16-5-2-8-21-16)11-12-6-9-20-10-7-12/h2*1,3-4,6-7,9-10,15H,2,5,8,11H2,(H,21,22). The maximum Gasteiger partial charge on any atom is 0.147 e. The van der Waals surface area contributed by atoms with Crippen LogP contribution >= 0.6 is 34.8 Å². The number of amidine groups is 2. The topological polar surface area (TPSA) is 74.6 Å². The molecule has 0 spiro atoms. The van der Waals surface area contributed by atoms with Crippen LogP contribution in [0.1, 0.15) is 60.0 Å². The predicted octanol–water partition coefficient (Wildman–Crippen LogP) is 8.39. The lowest BCUT2D eigenvalue weighted by Crippen LogP contribution is -2.29. The molecule has 4 heterocycles. The van der Waals surface area contributed by atoms with Gasteiger partial charge in [0.2, 0.25) is 0 Å². The largest absolute Gasteiger partial charge is 0.367 e.